The molecule has 0 saturated heterocycles. The molecule has 0 aliphatic heterocycles. The molecular weight excluding hydrogens is 280 g/mol. The van der Waals surface area contributed by atoms with Gasteiger partial charge in [0.2, 0.25) is 0 Å². The number of aryl methyl sites for hydroxylation is 1. The highest BCUT2D eigenvalue weighted by molar-refractivity contribution is 7.10. The maximum Gasteiger partial charge on any atom is 0.336 e. The number of carbonyl (C=O) groups is 1. The number of nitrogens with zero attached hydrogens (tertiary/aromatic N) is 1. The van der Waals surface area contributed by atoms with Gasteiger partial charge in [0.05, 0.1) is 12.2 Å². The van der Waals surface area contributed by atoms with Crippen LogP contribution in [0.2, 0.25) is 0 Å². The quantitative estimate of drug-likeness (QED) is 0.843. The lowest BCUT2D eigenvalue weighted by Gasteiger charge is -2.22. The Morgan fingerprint density at radius 1 is 1.32 bits per heavy atom. The fraction of sp³-hybridized carbons (Fsp3) is 0.214. The average Bonchev–Trinajstić information content (AvgIpc) is 2.93. The maximum atomic E-state index is 12.0. The van der Waals surface area contributed by atoms with Crippen molar-refractivity contribution in [2.45, 2.75) is 19.9 Å². The van der Waals surface area contributed by atoms with Gasteiger partial charge in [-0.15, -0.1) is 11.3 Å². The summed E-state index contributed by atoms with van der Waals surface area (Å²) in [5.41, 5.74) is 1.99. The Labute approximate surface area is 121 Å². The van der Waals surface area contributed by atoms with Crippen molar-refractivity contribution in [1.29, 1.82) is 0 Å². The van der Waals surface area contributed by atoms with Gasteiger partial charge in [-0.3, -0.25) is 4.90 Å². The average molecular weight is 295 g/mol. The fourth-order valence-electron chi connectivity index (χ4n) is 1.92. The molecule has 1 heterocycles. The second kappa shape index (κ2) is 6.59. The van der Waals surface area contributed by atoms with E-state index in [1.807, 2.05) is 41.8 Å². The number of amides is 2. The monoisotopic (exact) mass is 294 g/mol. The number of carbonyl (C=O) groups excluding carboxylic acids is 1. The van der Waals surface area contributed by atoms with E-state index in [9.17, 15) is 4.79 Å². The predicted octanol–water partition coefficient (Wildman–Crippen LogP) is 4.18. The van der Waals surface area contributed by atoms with Gasteiger partial charge in [0.25, 0.3) is 0 Å². The topological polar surface area (TPSA) is 32.3 Å². The van der Waals surface area contributed by atoms with Crippen molar-refractivity contribution in [2.75, 3.05) is 4.90 Å². The van der Waals surface area contributed by atoms with Crippen LogP contribution in [0.5, 0.6) is 0 Å². The van der Waals surface area contributed by atoms with Crippen LogP contribution in [0, 0.1) is 0 Å². The van der Waals surface area contributed by atoms with E-state index in [1.54, 1.807) is 16.2 Å². The zero-order chi connectivity index (χ0) is 13.7. The van der Waals surface area contributed by atoms with Gasteiger partial charge in [-0.2, -0.15) is 0 Å². The van der Waals surface area contributed by atoms with Crippen molar-refractivity contribution in [1.82, 2.24) is 4.84 Å². The highest BCUT2D eigenvalue weighted by Gasteiger charge is 2.18. The molecule has 100 valence electrons. The lowest BCUT2D eigenvalue weighted by atomic mass is 10.2. The smallest absolute Gasteiger partial charge is 0.288 e. The Morgan fingerprint density at radius 3 is 2.68 bits per heavy atom. The third-order valence-corrected chi connectivity index (χ3v) is 4.06. The minimum Gasteiger partial charge on any atom is -0.288 e. The van der Waals surface area contributed by atoms with Crippen LogP contribution < -0.4 is 9.74 Å². The molecule has 2 rings (SSSR count). The van der Waals surface area contributed by atoms with Crippen molar-refractivity contribution >= 4 is 34.8 Å². The van der Waals surface area contributed by atoms with Crippen LogP contribution in [-0.4, -0.2) is 6.03 Å². The largest absolute Gasteiger partial charge is 0.336 e. The van der Waals surface area contributed by atoms with E-state index in [1.165, 1.54) is 4.88 Å². The summed E-state index contributed by atoms with van der Waals surface area (Å²) in [5, 5.41) is 1.99. The third-order valence-electron chi connectivity index (χ3n) is 2.84. The minimum absolute atomic E-state index is 0.307. The molecule has 19 heavy (non-hydrogen) atoms. The van der Waals surface area contributed by atoms with Crippen LogP contribution in [-0.2, 0) is 13.0 Å². The molecule has 2 aromatic rings. The Balaban J connectivity index is 2.29. The minimum atomic E-state index is -0.307. The van der Waals surface area contributed by atoms with E-state index < -0.39 is 0 Å². The van der Waals surface area contributed by atoms with Gasteiger partial charge >= 0.3 is 6.03 Å². The van der Waals surface area contributed by atoms with E-state index in [4.69, 9.17) is 11.8 Å². The highest BCUT2D eigenvalue weighted by Crippen LogP contribution is 2.28. The van der Waals surface area contributed by atoms with Gasteiger partial charge in [0, 0.05) is 16.7 Å². The molecule has 0 unspecified atom stereocenters. The molecule has 0 spiro atoms. The van der Waals surface area contributed by atoms with Crippen LogP contribution in [0.15, 0.2) is 41.8 Å². The molecule has 0 fully saturated rings. The van der Waals surface area contributed by atoms with E-state index >= 15 is 0 Å². The number of hydrogen-bond acceptors (Lipinski definition) is 2. The van der Waals surface area contributed by atoms with Gasteiger partial charge < -0.3 is 0 Å². The molecular formula is C14H15ClN2OS. The number of thiophene rings is 1. The molecule has 1 aromatic carbocycles. The van der Waals surface area contributed by atoms with Crippen LogP contribution in [0.25, 0.3) is 0 Å². The number of anilines is 1. The van der Waals surface area contributed by atoms with Gasteiger partial charge in [0.1, 0.15) is 0 Å². The van der Waals surface area contributed by atoms with E-state index in [0.717, 1.165) is 17.7 Å². The Morgan fingerprint density at radius 2 is 2.05 bits per heavy atom. The standard InChI is InChI=1S/C14H15ClN2OS/c1-2-13-12(8-9-19-13)17(14(18)16-15)10-11-6-4-3-5-7-11/h3-9H,2,10H2,1H3,(H,16,18). The zero-order valence-electron chi connectivity index (χ0n) is 10.6. The van der Waals surface area contributed by atoms with Gasteiger partial charge in [-0.25, -0.2) is 9.63 Å². The molecule has 0 radical (unpaired) electrons. The van der Waals surface area contributed by atoms with Crippen molar-refractivity contribution < 1.29 is 4.79 Å². The van der Waals surface area contributed by atoms with Crippen LogP contribution in [0.4, 0.5) is 10.5 Å². The first-order valence-electron chi connectivity index (χ1n) is 6.04. The molecule has 1 aromatic heterocycles. The fourth-order valence-corrected chi connectivity index (χ4v) is 2.85. The Hall–Kier alpha value is -1.52. The summed E-state index contributed by atoms with van der Waals surface area (Å²) in [5.74, 6) is 0. The third kappa shape index (κ3) is 3.28. The summed E-state index contributed by atoms with van der Waals surface area (Å²) in [6.07, 6.45) is 0.897. The van der Waals surface area contributed by atoms with Crippen LogP contribution in [0.1, 0.15) is 17.4 Å². The number of rotatable bonds is 4. The SMILES string of the molecule is CCc1sccc1N(Cc1ccccc1)C(=O)NCl. The van der Waals surface area contributed by atoms with E-state index in [0.29, 0.717) is 6.54 Å². The first kappa shape index (κ1) is 13.9. The number of halogens is 1. The molecule has 0 aliphatic rings. The van der Waals surface area contributed by atoms with Crippen LogP contribution in [0.3, 0.4) is 0 Å². The molecule has 3 nitrogen and oxygen atoms in total. The summed E-state index contributed by atoms with van der Waals surface area (Å²) in [7, 11) is 0. The second-order valence-electron chi connectivity index (χ2n) is 4.05. The van der Waals surface area contributed by atoms with Gasteiger partial charge in [-0.1, -0.05) is 37.3 Å². The van der Waals surface area contributed by atoms with E-state index in [-0.39, 0.29) is 6.03 Å². The van der Waals surface area contributed by atoms with Crippen molar-refractivity contribution in [3.05, 3.63) is 52.2 Å². The van der Waals surface area contributed by atoms with Gasteiger partial charge in [0.15, 0.2) is 0 Å². The predicted molar refractivity (Wildman–Crippen MR) is 80.7 cm³/mol. The number of hydrogen-bond donors (Lipinski definition) is 1. The molecule has 0 atom stereocenters. The summed E-state index contributed by atoms with van der Waals surface area (Å²) in [6, 6.07) is 11.5. The molecule has 0 aliphatic carbocycles. The number of urea groups is 1. The maximum absolute atomic E-state index is 12.0. The summed E-state index contributed by atoms with van der Waals surface area (Å²) >= 11 is 7.14. The lowest BCUT2D eigenvalue weighted by molar-refractivity contribution is 0.251. The first-order chi connectivity index (χ1) is 9.26. The Kier molecular flexibility index (Phi) is 4.82. The number of nitrogens with one attached hydrogen (secondary N) is 1. The summed E-state index contributed by atoms with van der Waals surface area (Å²) < 4.78 is 0. The highest BCUT2D eigenvalue weighted by atomic mass is 35.5. The van der Waals surface area contributed by atoms with E-state index in [2.05, 4.69) is 11.8 Å². The first-order valence-corrected chi connectivity index (χ1v) is 7.30. The second-order valence-corrected chi connectivity index (χ2v) is 5.24. The molecule has 0 saturated carbocycles. The summed E-state index contributed by atoms with van der Waals surface area (Å²) in [6.45, 7) is 2.58. The van der Waals surface area contributed by atoms with Gasteiger partial charge in [-0.05, 0) is 23.4 Å². The zero-order valence-corrected chi connectivity index (χ0v) is 12.2. The van der Waals surface area contributed by atoms with Crippen molar-refractivity contribution in [2.24, 2.45) is 0 Å². The molecule has 0 bridgehead atoms. The van der Waals surface area contributed by atoms with Crippen molar-refractivity contribution in [3.63, 3.8) is 0 Å². The molecule has 1 N–H and O–H groups in total. The van der Waals surface area contributed by atoms with Crippen molar-refractivity contribution in [3.8, 4) is 0 Å². The molecule has 2 amide bonds. The Bertz CT molecular complexity index is 541. The number of benzene rings is 1. The normalized spacial score (nSPS) is 10.2. The van der Waals surface area contributed by atoms with Crippen LogP contribution >= 0.6 is 23.1 Å². The summed E-state index contributed by atoms with van der Waals surface area (Å²) in [4.78, 5) is 17.0. The molecule has 5 heteroatoms. The lowest BCUT2D eigenvalue weighted by Crippen LogP contribution is -2.35.